The Bertz CT molecular complexity index is 1070. The second kappa shape index (κ2) is 8.55. The number of hydrogen-bond acceptors (Lipinski definition) is 6. The van der Waals surface area contributed by atoms with Crippen LogP contribution in [0.3, 0.4) is 0 Å². The minimum Gasteiger partial charge on any atom is -0.495 e. The Morgan fingerprint density at radius 3 is 2.68 bits per heavy atom. The van der Waals surface area contributed by atoms with E-state index in [-0.39, 0.29) is 34.6 Å². The van der Waals surface area contributed by atoms with Crippen molar-refractivity contribution in [2.24, 2.45) is 0 Å². The molecule has 0 aliphatic rings. The molecule has 7 nitrogen and oxygen atoms in total. The maximum Gasteiger partial charge on any atom is 0.247 e. The van der Waals surface area contributed by atoms with E-state index < -0.39 is 10.0 Å². The molecule has 0 atom stereocenters. The van der Waals surface area contributed by atoms with Crippen LogP contribution >= 0.6 is 11.6 Å². The molecule has 0 radical (unpaired) electrons. The summed E-state index contributed by atoms with van der Waals surface area (Å²) < 4.78 is 38.0. The molecule has 0 amide bonds. The maximum absolute atomic E-state index is 13.2. The van der Waals surface area contributed by atoms with E-state index in [9.17, 15) is 8.42 Å². The van der Waals surface area contributed by atoms with Crippen LogP contribution in [0.1, 0.15) is 5.89 Å². The second-order valence-electron chi connectivity index (χ2n) is 5.76. The first-order valence-corrected chi connectivity index (χ1v) is 10.1. The number of aromatic nitrogens is 2. The van der Waals surface area contributed by atoms with Crippen molar-refractivity contribution in [2.75, 3.05) is 13.7 Å². The van der Waals surface area contributed by atoms with Gasteiger partial charge < -0.3 is 9.26 Å². The predicted octanol–water partition coefficient (Wildman–Crippen LogP) is 3.78. The van der Waals surface area contributed by atoms with Gasteiger partial charge in [-0.05, 0) is 18.2 Å². The molecule has 28 heavy (non-hydrogen) atoms. The van der Waals surface area contributed by atoms with E-state index in [1.54, 1.807) is 6.07 Å². The summed E-state index contributed by atoms with van der Waals surface area (Å²) in [6, 6.07) is 13.7. The third-order valence-electron chi connectivity index (χ3n) is 3.89. The minimum atomic E-state index is -3.96. The topological polar surface area (TPSA) is 85.5 Å². The molecule has 0 saturated carbocycles. The number of sulfonamides is 1. The standard InChI is InChI=1S/C19H18ClN3O4S/c1-3-11-23(28(24,25)17-12-15(20)9-10-16(17)26-2)13-18-21-19(22-27-18)14-7-5-4-6-8-14/h3-10,12H,1,11,13H2,2H3. The summed E-state index contributed by atoms with van der Waals surface area (Å²) in [6.45, 7) is 3.55. The summed E-state index contributed by atoms with van der Waals surface area (Å²) in [4.78, 5) is 4.25. The Balaban J connectivity index is 1.93. The largest absolute Gasteiger partial charge is 0.495 e. The molecule has 0 N–H and O–H groups in total. The van der Waals surface area contributed by atoms with Gasteiger partial charge in [-0.25, -0.2) is 8.42 Å². The average molecular weight is 420 g/mol. The monoisotopic (exact) mass is 419 g/mol. The second-order valence-corrected chi connectivity index (χ2v) is 8.10. The minimum absolute atomic E-state index is 0.0427. The molecule has 0 aliphatic carbocycles. The van der Waals surface area contributed by atoms with Gasteiger partial charge in [-0.1, -0.05) is 53.2 Å². The van der Waals surface area contributed by atoms with E-state index in [0.717, 1.165) is 9.87 Å². The van der Waals surface area contributed by atoms with Gasteiger partial charge in [0.25, 0.3) is 0 Å². The van der Waals surface area contributed by atoms with Crippen molar-refractivity contribution in [1.29, 1.82) is 0 Å². The van der Waals surface area contributed by atoms with E-state index in [2.05, 4.69) is 16.7 Å². The van der Waals surface area contributed by atoms with Gasteiger partial charge in [-0.15, -0.1) is 6.58 Å². The third-order valence-corrected chi connectivity index (χ3v) is 5.96. The van der Waals surface area contributed by atoms with Crippen LogP contribution in [0.5, 0.6) is 5.75 Å². The van der Waals surface area contributed by atoms with Gasteiger partial charge >= 0.3 is 0 Å². The van der Waals surface area contributed by atoms with Gasteiger partial charge in [0.05, 0.1) is 13.7 Å². The molecule has 0 saturated heterocycles. The number of methoxy groups -OCH3 is 1. The number of halogens is 1. The van der Waals surface area contributed by atoms with Crippen molar-refractivity contribution < 1.29 is 17.7 Å². The van der Waals surface area contributed by atoms with E-state index in [1.807, 2.05) is 30.3 Å². The SMILES string of the molecule is C=CCN(Cc1nc(-c2ccccc2)no1)S(=O)(=O)c1cc(Cl)ccc1OC. The highest BCUT2D eigenvalue weighted by Crippen LogP contribution is 2.30. The summed E-state index contributed by atoms with van der Waals surface area (Å²) in [5.74, 6) is 0.728. The molecule has 0 fully saturated rings. The molecule has 0 aliphatic heterocycles. The fourth-order valence-electron chi connectivity index (χ4n) is 2.56. The van der Waals surface area contributed by atoms with Crippen molar-refractivity contribution in [3.8, 4) is 17.1 Å². The Labute approximate surface area is 168 Å². The summed E-state index contributed by atoms with van der Waals surface area (Å²) in [5.41, 5.74) is 0.770. The van der Waals surface area contributed by atoms with Crippen LogP contribution < -0.4 is 4.74 Å². The lowest BCUT2D eigenvalue weighted by atomic mass is 10.2. The smallest absolute Gasteiger partial charge is 0.247 e. The number of benzene rings is 2. The fraction of sp³-hybridized carbons (Fsp3) is 0.158. The van der Waals surface area contributed by atoms with Crippen LogP contribution in [0.4, 0.5) is 0 Å². The van der Waals surface area contributed by atoms with E-state index in [0.29, 0.717) is 5.82 Å². The Morgan fingerprint density at radius 1 is 1.25 bits per heavy atom. The fourth-order valence-corrected chi connectivity index (χ4v) is 4.34. The van der Waals surface area contributed by atoms with Gasteiger partial charge in [-0.3, -0.25) is 0 Å². The van der Waals surface area contributed by atoms with Crippen LogP contribution in [0.2, 0.25) is 5.02 Å². The van der Waals surface area contributed by atoms with Gasteiger partial charge in [0.2, 0.25) is 21.7 Å². The average Bonchev–Trinajstić information content (AvgIpc) is 3.17. The first-order valence-electron chi connectivity index (χ1n) is 8.28. The van der Waals surface area contributed by atoms with Gasteiger partial charge in [0.1, 0.15) is 10.6 Å². The zero-order valence-corrected chi connectivity index (χ0v) is 16.7. The van der Waals surface area contributed by atoms with Crippen LogP contribution in [-0.4, -0.2) is 36.5 Å². The molecule has 3 rings (SSSR count). The maximum atomic E-state index is 13.2. The molecule has 3 aromatic rings. The summed E-state index contributed by atoms with van der Waals surface area (Å²) in [7, 11) is -2.56. The van der Waals surface area contributed by atoms with Crippen molar-refractivity contribution in [3.63, 3.8) is 0 Å². The van der Waals surface area contributed by atoms with Gasteiger partial charge in [0.15, 0.2) is 0 Å². The van der Waals surface area contributed by atoms with Crippen LogP contribution in [0.15, 0.2) is 70.6 Å². The molecule has 0 unspecified atom stereocenters. The first kappa shape index (κ1) is 20.1. The van der Waals surface area contributed by atoms with Crippen LogP contribution in [0.25, 0.3) is 11.4 Å². The van der Waals surface area contributed by atoms with E-state index in [1.165, 1.54) is 25.3 Å². The Morgan fingerprint density at radius 2 is 2.00 bits per heavy atom. The number of ether oxygens (including phenoxy) is 1. The van der Waals surface area contributed by atoms with Gasteiger partial charge in [-0.2, -0.15) is 9.29 Å². The normalized spacial score (nSPS) is 11.5. The number of hydrogen-bond donors (Lipinski definition) is 0. The molecule has 0 bridgehead atoms. The lowest BCUT2D eigenvalue weighted by Crippen LogP contribution is -2.31. The highest BCUT2D eigenvalue weighted by Gasteiger charge is 2.29. The van der Waals surface area contributed by atoms with Crippen LogP contribution in [-0.2, 0) is 16.6 Å². The molecule has 1 aromatic heterocycles. The molecular formula is C19H18ClN3O4S. The summed E-state index contributed by atoms with van der Waals surface area (Å²) >= 11 is 5.99. The summed E-state index contributed by atoms with van der Waals surface area (Å²) in [6.07, 6.45) is 1.48. The molecule has 2 aromatic carbocycles. The van der Waals surface area contributed by atoms with E-state index in [4.69, 9.17) is 20.9 Å². The number of nitrogens with zero attached hydrogens (tertiary/aromatic N) is 3. The summed E-state index contributed by atoms with van der Waals surface area (Å²) in [5, 5.41) is 4.20. The highest BCUT2D eigenvalue weighted by atomic mass is 35.5. The zero-order chi connectivity index (χ0) is 20.1. The lowest BCUT2D eigenvalue weighted by molar-refractivity contribution is 0.325. The first-order chi connectivity index (χ1) is 13.5. The quantitative estimate of drug-likeness (QED) is 0.516. The molecule has 146 valence electrons. The zero-order valence-electron chi connectivity index (χ0n) is 15.1. The Kier molecular flexibility index (Phi) is 6.13. The van der Waals surface area contributed by atoms with Crippen molar-refractivity contribution in [2.45, 2.75) is 11.4 Å². The highest BCUT2D eigenvalue weighted by molar-refractivity contribution is 7.89. The molecule has 1 heterocycles. The molecular weight excluding hydrogens is 402 g/mol. The number of rotatable bonds is 8. The lowest BCUT2D eigenvalue weighted by Gasteiger charge is -2.20. The molecule has 0 spiro atoms. The van der Waals surface area contributed by atoms with Crippen molar-refractivity contribution in [3.05, 3.63) is 72.1 Å². The van der Waals surface area contributed by atoms with Crippen molar-refractivity contribution >= 4 is 21.6 Å². The molecule has 9 heteroatoms. The third kappa shape index (κ3) is 4.24. The Hall–Kier alpha value is -2.68. The van der Waals surface area contributed by atoms with E-state index >= 15 is 0 Å². The predicted molar refractivity (Wildman–Crippen MR) is 106 cm³/mol. The van der Waals surface area contributed by atoms with Gasteiger partial charge in [0, 0.05) is 17.1 Å². The van der Waals surface area contributed by atoms with Crippen LogP contribution in [0, 0.1) is 0 Å². The van der Waals surface area contributed by atoms with Crippen molar-refractivity contribution in [1.82, 2.24) is 14.4 Å².